The number of cyclic esters (lactones) is 2. The monoisotopic (exact) mass is 426 g/mol. The smallest absolute Gasteiger partial charge is 0.349 e. The summed E-state index contributed by atoms with van der Waals surface area (Å²) in [6.07, 6.45) is 0. The van der Waals surface area contributed by atoms with E-state index >= 15 is 0 Å². The first kappa shape index (κ1) is 23.3. The van der Waals surface area contributed by atoms with E-state index in [1.54, 1.807) is 0 Å². The van der Waals surface area contributed by atoms with E-state index in [2.05, 4.69) is 0 Å². The van der Waals surface area contributed by atoms with Crippen molar-refractivity contribution in [3.8, 4) is 23.0 Å². The number of carbonyl (C=O) groups excluding carboxylic acids is 2. The van der Waals surface area contributed by atoms with Gasteiger partial charge in [0.05, 0.1) is 19.8 Å². The van der Waals surface area contributed by atoms with Gasteiger partial charge in [-0.15, -0.1) is 0 Å². The highest BCUT2D eigenvalue weighted by molar-refractivity contribution is 6.21. The highest BCUT2D eigenvalue weighted by Crippen LogP contribution is 2.49. The van der Waals surface area contributed by atoms with E-state index in [1.165, 1.54) is 55.3 Å². The van der Waals surface area contributed by atoms with Gasteiger partial charge < -0.3 is 37.9 Å². The van der Waals surface area contributed by atoms with Gasteiger partial charge in [-0.2, -0.15) is 0 Å². The first-order valence-electron chi connectivity index (χ1n) is 8.91. The lowest BCUT2D eigenvalue weighted by Crippen LogP contribution is -2.42. The maximum atomic E-state index is 12.6. The molecule has 1 fully saturated rings. The average molecular weight is 426 g/mol. The lowest BCUT2D eigenvalue weighted by molar-refractivity contribution is -0.222. The Bertz CT molecular complexity index is 818. The van der Waals surface area contributed by atoms with Crippen LogP contribution in [-0.2, 0) is 28.5 Å². The second-order valence-electron chi connectivity index (χ2n) is 6.59. The molecule has 0 atom stereocenters. The molecule has 166 valence electrons. The highest BCUT2D eigenvalue weighted by atomic mass is 16.7. The Balaban J connectivity index is 2.79. The largest absolute Gasteiger partial charge is 0.493 e. The van der Waals surface area contributed by atoms with Crippen molar-refractivity contribution in [1.82, 2.24) is 0 Å². The SMILES string of the molecule is COCOc1cc(OC)c(OCOC)c(C(C)=C2C(=O)OC(C)(C)OC2=O)c1OC. The van der Waals surface area contributed by atoms with Gasteiger partial charge in [0.15, 0.2) is 36.6 Å². The van der Waals surface area contributed by atoms with E-state index < -0.39 is 17.7 Å². The first-order valence-corrected chi connectivity index (χ1v) is 8.91. The van der Waals surface area contributed by atoms with Crippen LogP contribution in [-0.4, -0.2) is 59.8 Å². The van der Waals surface area contributed by atoms with Crippen LogP contribution in [0.15, 0.2) is 11.6 Å². The van der Waals surface area contributed by atoms with Crippen LogP contribution >= 0.6 is 0 Å². The lowest BCUT2D eigenvalue weighted by atomic mass is 9.97. The fraction of sp³-hybridized carbons (Fsp3) is 0.500. The highest BCUT2D eigenvalue weighted by Gasteiger charge is 2.41. The third kappa shape index (κ3) is 4.77. The zero-order valence-corrected chi connectivity index (χ0v) is 18.1. The van der Waals surface area contributed by atoms with Crippen LogP contribution in [0.5, 0.6) is 23.0 Å². The van der Waals surface area contributed by atoms with E-state index in [0.717, 1.165) is 0 Å². The summed E-state index contributed by atoms with van der Waals surface area (Å²) in [6, 6.07) is 1.53. The average Bonchev–Trinajstić information content (AvgIpc) is 2.68. The quantitative estimate of drug-likeness (QED) is 0.252. The van der Waals surface area contributed by atoms with E-state index in [1.807, 2.05) is 0 Å². The van der Waals surface area contributed by atoms with E-state index in [-0.39, 0.29) is 53.3 Å². The Labute approximate surface area is 174 Å². The number of benzene rings is 1. The maximum absolute atomic E-state index is 12.6. The number of esters is 2. The van der Waals surface area contributed by atoms with Crippen LogP contribution in [0.25, 0.3) is 5.57 Å². The summed E-state index contributed by atoms with van der Waals surface area (Å²) in [5.74, 6) is -2.18. The second-order valence-corrected chi connectivity index (χ2v) is 6.59. The maximum Gasteiger partial charge on any atom is 0.349 e. The number of carbonyl (C=O) groups is 2. The van der Waals surface area contributed by atoms with Gasteiger partial charge in [0, 0.05) is 34.1 Å². The minimum Gasteiger partial charge on any atom is -0.493 e. The molecular weight excluding hydrogens is 400 g/mol. The third-order valence-corrected chi connectivity index (χ3v) is 4.08. The minimum absolute atomic E-state index is 0.0783. The molecule has 0 bridgehead atoms. The zero-order valence-electron chi connectivity index (χ0n) is 18.1. The summed E-state index contributed by atoms with van der Waals surface area (Å²) in [5.41, 5.74) is 0.120. The lowest BCUT2D eigenvalue weighted by Gasteiger charge is -2.31. The molecular formula is C20H26O10. The van der Waals surface area contributed by atoms with Crippen LogP contribution in [0.1, 0.15) is 26.3 Å². The molecule has 10 nitrogen and oxygen atoms in total. The second kappa shape index (κ2) is 9.68. The Morgan fingerprint density at radius 1 is 0.867 bits per heavy atom. The van der Waals surface area contributed by atoms with Gasteiger partial charge in [-0.05, 0) is 12.5 Å². The van der Waals surface area contributed by atoms with Gasteiger partial charge in [-0.3, -0.25) is 0 Å². The van der Waals surface area contributed by atoms with Crippen molar-refractivity contribution >= 4 is 17.5 Å². The van der Waals surface area contributed by atoms with E-state index in [9.17, 15) is 9.59 Å². The van der Waals surface area contributed by atoms with Crippen molar-refractivity contribution in [2.75, 3.05) is 42.0 Å². The van der Waals surface area contributed by atoms with Gasteiger partial charge in [-0.25, -0.2) is 9.59 Å². The summed E-state index contributed by atoms with van der Waals surface area (Å²) < 4.78 is 42.6. The van der Waals surface area contributed by atoms with Crippen molar-refractivity contribution in [2.24, 2.45) is 0 Å². The Kier molecular flexibility index (Phi) is 7.52. The molecule has 0 aromatic heterocycles. The third-order valence-electron chi connectivity index (χ3n) is 4.08. The van der Waals surface area contributed by atoms with Crippen molar-refractivity contribution < 1.29 is 47.5 Å². The summed E-state index contributed by atoms with van der Waals surface area (Å²) >= 11 is 0. The van der Waals surface area contributed by atoms with Crippen LogP contribution < -0.4 is 18.9 Å². The molecule has 10 heteroatoms. The fourth-order valence-electron chi connectivity index (χ4n) is 2.87. The normalized spacial score (nSPS) is 15.2. The predicted molar refractivity (Wildman–Crippen MR) is 103 cm³/mol. The van der Waals surface area contributed by atoms with Crippen molar-refractivity contribution in [1.29, 1.82) is 0 Å². The molecule has 0 N–H and O–H groups in total. The molecule has 1 aliphatic rings. The summed E-state index contributed by atoms with van der Waals surface area (Å²) in [5, 5.41) is 0. The van der Waals surface area contributed by atoms with Crippen LogP contribution in [0.4, 0.5) is 0 Å². The van der Waals surface area contributed by atoms with Crippen molar-refractivity contribution in [3.63, 3.8) is 0 Å². The van der Waals surface area contributed by atoms with Gasteiger partial charge in [0.1, 0.15) is 5.57 Å². The number of hydrogen-bond acceptors (Lipinski definition) is 10. The molecule has 1 aromatic rings. The van der Waals surface area contributed by atoms with Gasteiger partial charge >= 0.3 is 11.9 Å². The van der Waals surface area contributed by atoms with E-state index in [4.69, 9.17) is 37.9 Å². The minimum atomic E-state index is -1.38. The Morgan fingerprint density at radius 2 is 1.43 bits per heavy atom. The number of allylic oxidation sites excluding steroid dienone is 1. The molecule has 1 aliphatic heterocycles. The van der Waals surface area contributed by atoms with Gasteiger partial charge in [-0.1, -0.05) is 0 Å². The molecule has 2 rings (SSSR count). The zero-order chi connectivity index (χ0) is 22.5. The Morgan fingerprint density at radius 3 is 1.93 bits per heavy atom. The van der Waals surface area contributed by atoms with Crippen LogP contribution in [0, 0.1) is 0 Å². The fourth-order valence-corrected chi connectivity index (χ4v) is 2.87. The number of hydrogen-bond donors (Lipinski definition) is 0. The topological polar surface area (TPSA) is 108 Å². The number of ether oxygens (including phenoxy) is 8. The molecule has 0 radical (unpaired) electrons. The summed E-state index contributed by atoms with van der Waals surface area (Å²) in [4.78, 5) is 25.2. The van der Waals surface area contributed by atoms with Crippen LogP contribution in [0.2, 0.25) is 0 Å². The standard InChI is InChI=1S/C20H26O10/c1-11(15-18(21)29-20(2,3)30-19(15)22)14-16(26-7)13(27-9-23-4)8-12(25-6)17(14)28-10-24-5/h8H,9-10H2,1-7H3. The molecule has 0 amide bonds. The summed E-state index contributed by atoms with van der Waals surface area (Å²) in [7, 11) is 5.75. The van der Waals surface area contributed by atoms with Crippen molar-refractivity contribution in [3.05, 3.63) is 17.2 Å². The predicted octanol–water partition coefficient (Wildman–Crippen LogP) is 2.28. The van der Waals surface area contributed by atoms with E-state index in [0.29, 0.717) is 0 Å². The van der Waals surface area contributed by atoms with Gasteiger partial charge in [0.25, 0.3) is 5.79 Å². The first-order chi connectivity index (χ1) is 14.2. The molecule has 30 heavy (non-hydrogen) atoms. The van der Waals surface area contributed by atoms with Gasteiger partial charge in [0.2, 0.25) is 0 Å². The summed E-state index contributed by atoms with van der Waals surface area (Å²) in [6.45, 7) is 4.25. The molecule has 1 saturated heterocycles. The Hall–Kier alpha value is -2.98. The molecule has 0 saturated carbocycles. The van der Waals surface area contributed by atoms with Crippen molar-refractivity contribution in [2.45, 2.75) is 26.6 Å². The van der Waals surface area contributed by atoms with Crippen LogP contribution in [0.3, 0.4) is 0 Å². The molecule has 0 aliphatic carbocycles. The molecule has 1 aromatic carbocycles. The number of methoxy groups -OCH3 is 4. The number of rotatable bonds is 9. The molecule has 0 spiro atoms. The molecule has 1 heterocycles. The molecule has 0 unspecified atom stereocenters.